The van der Waals surface area contributed by atoms with Gasteiger partial charge >= 0.3 is 6.18 Å². The van der Waals surface area contributed by atoms with Crippen LogP contribution in [0.25, 0.3) is 0 Å². The normalized spacial score (nSPS) is 14.0. The first-order valence-electron chi connectivity index (χ1n) is 6.41. The Balaban J connectivity index is 0.00000400. The van der Waals surface area contributed by atoms with E-state index in [0.29, 0.717) is 12.1 Å². The van der Waals surface area contributed by atoms with Gasteiger partial charge in [-0.25, -0.2) is 0 Å². The molecular weight excluding hydrogens is 305 g/mol. The minimum Gasteiger partial charge on any atom is -0.335 e. The molecule has 21 heavy (non-hydrogen) atoms. The van der Waals surface area contributed by atoms with Gasteiger partial charge in [0.1, 0.15) is 0 Å². The minimum absolute atomic E-state index is 0. The Hall–Kier alpha value is -1.27. The van der Waals surface area contributed by atoms with Gasteiger partial charge in [0.05, 0.1) is 17.6 Å². The number of amides is 1. The molecule has 0 spiro atoms. The maximum Gasteiger partial charge on any atom is 0.416 e. The van der Waals surface area contributed by atoms with E-state index in [1.54, 1.807) is 26.8 Å². The van der Waals surface area contributed by atoms with Crippen LogP contribution in [0, 0.1) is 0 Å². The van der Waals surface area contributed by atoms with Crippen LogP contribution in [0.5, 0.6) is 0 Å². The Kier molecular flexibility index (Phi) is 7.19. The van der Waals surface area contributed by atoms with Crippen molar-refractivity contribution in [1.29, 1.82) is 0 Å². The van der Waals surface area contributed by atoms with Crippen molar-refractivity contribution >= 4 is 18.3 Å². The lowest BCUT2D eigenvalue weighted by Gasteiger charge is -2.30. The molecule has 0 aliphatic carbocycles. The number of benzene rings is 1. The Morgan fingerprint density at radius 2 is 1.90 bits per heavy atom. The van der Waals surface area contributed by atoms with Crippen LogP contribution in [0.15, 0.2) is 24.3 Å². The average Bonchev–Trinajstić information content (AvgIpc) is 2.38. The number of halogens is 4. The first-order valence-corrected chi connectivity index (χ1v) is 6.41. The van der Waals surface area contributed by atoms with Crippen molar-refractivity contribution in [3.8, 4) is 0 Å². The van der Waals surface area contributed by atoms with E-state index in [-0.39, 0.29) is 18.3 Å². The zero-order valence-electron chi connectivity index (χ0n) is 12.1. The second kappa shape index (κ2) is 7.66. The maximum atomic E-state index is 12.7. The van der Waals surface area contributed by atoms with Crippen LogP contribution in [0.1, 0.15) is 37.9 Å². The number of alkyl halides is 3. The Morgan fingerprint density at radius 3 is 2.33 bits per heavy atom. The van der Waals surface area contributed by atoms with Gasteiger partial charge in [-0.1, -0.05) is 12.1 Å². The molecule has 1 aromatic carbocycles. The number of nitrogens with zero attached hydrogens (tertiary/aromatic N) is 1. The molecule has 1 rings (SSSR count). The predicted octanol–water partition coefficient (Wildman–Crippen LogP) is 3.38. The number of nitrogens with two attached hydrogens (primary N) is 1. The zero-order chi connectivity index (χ0) is 15.5. The van der Waals surface area contributed by atoms with Gasteiger partial charge in [0.25, 0.3) is 0 Å². The number of hydrogen-bond donors (Lipinski definition) is 1. The highest BCUT2D eigenvalue weighted by Crippen LogP contribution is 2.31. The van der Waals surface area contributed by atoms with Crippen LogP contribution in [-0.4, -0.2) is 23.4 Å². The molecule has 0 saturated carbocycles. The lowest BCUT2D eigenvalue weighted by atomic mass is 10.0. The monoisotopic (exact) mass is 324 g/mol. The molecule has 0 aromatic heterocycles. The van der Waals surface area contributed by atoms with Gasteiger partial charge in [0.2, 0.25) is 5.91 Å². The fraction of sp³-hybridized carbons (Fsp3) is 0.500. The highest BCUT2D eigenvalue weighted by atomic mass is 35.5. The van der Waals surface area contributed by atoms with Gasteiger partial charge in [-0.3, -0.25) is 4.79 Å². The fourth-order valence-corrected chi connectivity index (χ4v) is 2.04. The van der Waals surface area contributed by atoms with Crippen LogP contribution in [0.4, 0.5) is 13.2 Å². The summed E-state index contributed by atoms with van der Waals surface area (Å²) in [6.07, 6.45) is -4.39. The van der Waals surface area contributed by atoms with E-state index in [1.807, 2.05) is 0 Å². The molecule has 0 bridgehead atoms. The summed E-state index contributed by atoms with van der Waals surface area (Å²) in [5.74, 6) is -0.280. The predicted molar refractivity (Wildman–Crippen MR) is 78.1 cm³/mol. The van der Waals surface area contributed by atoms with Crippen molar-refractivity contribution in [3.05, 3.63) is 35.4 Å². The van der Waals surface area contributed by atoms with Gasteiger partial charge in [0.15, 0.2) is 0 Å². The Labute approximate surface area is 128 Å². The molecule has 1 unspecified atom stereocenters. The molecule has 3 nitrogen and oxygen atoms in total. The summed E-state index contributed by atoms with van der Waals surface area (Å²) in [6.45, 7) is 5.41. The number of carbonyl (C=O) groups excluding carboxylic acids is 1. The molecule has 0 fully saturated rings. The molecule has 0 aliphatic heterocycles. The van der Waals surface area contributed by atoms with Crippen LogP contribution >= 0.6 is 12.4 Å². The van der Waals surface area contributed by atoms with Crippen LogP contribution in [-0.2, 0) is 11.0 Å². The lowest BCUT2D eigenvalue weighted by molar-refractivity contribution is -0.137. The summed E-state index contributed by atoms with van der Waals surface area (Å²) in [5, 5.41) is 0. The van der Waals surface area contributed by atoms with Crippen molar-refractivity contribution < 1.29 is 18.0 Å². The first-order chi connectivity index (χ1) is 9.18. The number of carbonyl (C=O) groups is 1. The van der Waals surface area contributed by atoms with E-state index < -0.39 is 23.8 Å². The Bertz CT molecular complexity index is 478. The second-order valence-electron chi connectivity index (χ2n) is 4.71. The van der Waals surface area contributed by atoms with Crippen molar-refractivity contribution in [2.45, 2.75) is 39.0 Å². The maximum absolute atomic E-state index is 12.7. The topological polar surface area (TPSA) is 46.3 Å². The highest BCUT2D eigenvalue weighted by molar-refractivity contribution is 5.85. The molecule has 0 radical (unpaired) electrons. The molecular formula is C14H20ClF3N2O. The summed E-state index contributed by atoms with van der Waals surface area (Å²) < 4.78 is 38.1. The van der Waals surface area contributed by atoms with E-state index in [9.17, 15) is 18.0 Å². The fourth-order valence-electron chi connectivity index (χ4n) is 2.04. The first kappa shape index (κ1) is 19.7. The third kappa shape index (κ3) is 4.89. The summed E-state index contributed by atoms with van der Waals surface area (Å²) in [7, 11) is 0. The van der Waals surface area contributed by atoms with Crippen molar-refractivity contribution in [2.24, 2.45) is 5.73 Å². The Morgan fingerprint density at radius 1 is 1.33 bits per heavy atom. The smallest absolute Gasteiger partial charge is 0.335 e. The highest BCUT2D eigenvalue weighted by Gasteiger charge is 2.31. The van der Waals surface area contributed by atoms with E-state index >= 15 is 0 Å². The van der Waals surface area contributed by atoms with Crippen molar-refractivity contribution in [1.82, 2.24) is 4.90 Å². The zero-order valence-corrected chi connectivity index (χ0v) is 13.0. The van der Waals surface area contributed by atoms with E-state index in [2.05, 4.69) is 0 Å². The number of rotatable bonds is 4. The molecule has 2 atom stereocenters. The quantitative estimate of drug-likeness (QED) is 0.923. The SMILES string of the molecule is CCN(C(=O)[C@@H](C)N)C(C)c1cccc(C(F)(F)F)c1.Cl. The third-order valence-electron chi connectivity index (χ3n) is 3.18. The van der Waals surface area contributed by atoms with Gasteiger partial charge in [-0.15, -0.1) is 12.4 Å². The number of hydrogen-bond acceptors (Lipinski definition) is 2. The molecule has 2 N–H and O–H groups in total. The minimum atomic E-state index is -4.39. The van der Waals surface area contributed by atoms with Gasteiger partial charge in [-0.05, 0) is 38.5 Å². The summed E-state index contributed by atoms with van der Waals surface area (Å²) >= 11 is 0. The summed E-state index contributed by atoms with van der Waals surface area (Å²) in [6, 6.07) is 3.88. The molecule has 0 heterocycles. The van der Waals surface area contributed by atoms with Crippen LogP contribution < -0.4 is 5.73 Å². The molecule has 0 saturated heterocycles. The van der Waals surface area contributed by atoms with Crippen LogP contribution in [0.3, 0.4) is 0 Å². The second-order valence-corrected chi connectivity index (χ2v) is 4.71. The number of likely N-dealkylation sites (N-methyl/N-ethyl adjacent to an activating group) is 1. The third-order valence-corrected chi connectivity index (χ3v) is 3.18. The van der Waals surface area contributed by atoms with Gasteiger partial charge in [-0.2, -0.15) is 13.2 Å². The van der Waals surface area contributed by atoms with E-state index in [1.165, 1.54) is 11.0 Å². The van der Waals surface area contributed by atoms with Crippen LogP contribution in [0.2, 0.25) is 0 Å². The van der Waals surface area contributed by atoms with Gasteiger partial charge in [0, 0.05) is 6.54 Å². The molecule has 7 heteroatoms. The molecule has 120 valence electrons. The lowest BCUT2D eigenvalue weighted by Crippen LogP contribution is -2.43. The largest absolute Gasteiger partial charge is 0.416 e. The molecule has 0 aliphatic rings. The standard InChI is InChI=1S/C14H19F3N2O.ClH/c1-4-19(13(20)9(2)18)10(3)11-6-5-7-12(8-11)14(15,16)17;/h5-10H,4,18H2,1-3H3;1H/t9-,10?;/m1./s1. The molecule has 1 aromatic rings. The summed E-state index contributed by atoms with van der Waals surface area (Å²) in [4.78, 5) is 13.4. The summed E-state index contributed by atoms with van der Waals surface area (Å²) in [5.41, 5.74) is 5.28. The van der Waals surface area contributed by atoms with Crippen molar-refractivity contribution in [3.63, 3.8) is 0 Å². The van der Waals surface area contributed by atoms with E-state index in [4.69, 9.17) is 5.73 Å². The average molecular weight is 325 g/mol. The molecule has 1 amide bonds. The van der Waals surface area contributed by atoms with Gasteiger partial charge < -0.3 is 10.6 Å². The van der Waals surface area contributed by atoms with E-state index in [0.717, 1.165) is 12.1 Å². The van der Waals surface area contributed by atoms with Crippen molar-refractivity contribution in [2.75, 3.05) is 6.54 Å².